The summed E-state index contributed by atoms with van der Waals surface area (Å²) in [5, 5.41) is 3.15. The summed E-state index contributed by atoms with van der Waals surface area (Å²) in [6.45, 7) is 6.09. The Bertz CT molecular complexity index is 360. The summed E-state index contributed by atoms with van der Waals surface area (Å²) in [4.78, 5) is 11.0. The smallest absolute Gasteiger partial charge is 0.224 e. The number of aryl methyl sites for hydroxylation is 1. The van der Waals surface area contributed by atoms with Crippen molar-refractivity contribution in [1.29, 1.82) is 0 Å². The highest BCUT2D eigenvalue weighted by atomic mass is 15.2. The van der Waals surface area contributed by atoms with Gasteiger partial charge in [-0.2, -0.15) is 4.98 Å². The van der Waals surface area contributed by atoms with Crippen LogP contribution in [0.4, 0.5) is 11.8 Å². The molecule has 4 heteroatoms. The quantitative estimate of drug-likeness (QED) is 0.824. The van der Waals surface area contributed by atoms with Gasteiger partial charge in [-0.1, -0.05) is 0 Å². The zero-order chi connectivity index (χ0) is 11.5. The lowest BCUT2D eigenvalue weighted by Gasteiger charge is -2.20. The third kappa shape index (κ3) is 2.62. The van der Waals surface area contributed by atoms with Crippen LogP contribution in [0.1, 0.15) is 25.3 Å². The van der Waals surface area contributed by atoms with Crippen LogP contribution in [0.3, 0.4) is 0 Å². The van der Waals surface area contributed by atoms with Crippen LogP contribution >= 0.6 is 0 Å². The molecule has 0 amide bonds. The topological polar surface area (TPSA) is 41.1 Å². The molecule has 88 valence electrons. The number of anilines is 2. The van der Waals surface area contributed by atoms with Crippen LogP contribution in [0.15, 0.2) is 6.20 Å². The number of nitrogens with one attached hydrogen (secondary N) is 1. The molecular weight excluding hydrogens is 200 g/mol. The van der Waals surface area contributed by atoms with Crippen molar-refractivity contribution in [1.82, 2.24) is 9.97 Å². The second-order valence-corrected chi connectivity index (χ2v) is 4.55. The molecule has 1 fully saturated rings. The van der Waals surface area contributed by atoms with E-state index in [4.69, 9.17) is 0 Å². The van der Waals surface area contributed by atoms with Crippen molar-refractivity contribution in [3.63, 3.8) is 0 Å². The van der Waals surface area contributed by atoms with E-state index in [9.17, 15) is 0 Å². The van der Waals surface area contributed by atoms with E-state index >= 15 is 0 Å². The van der Waals surface area contributed by atoms with E-state index in [0.717, 1.165) is 36.3 Å². The minimum atomic E-state index is 0.728. The average molecular weight is 220 g/mol. The van der Waals surface area contributed by atoms with Gasteiger partial charge in [0.1, 0.15) is 5.82 Å². The van der Waals surface area contributed by atoms with Gasteiger partial charge in [0.15, 0.2) is 0 Å². The Morgan fingerprint density at radius 3 is 2.88 bits per heavy atom. The Kier molecular flexibility index (Phi) is 3.27. The molecule has 0 aromatic carbocycles. The van der Waals surface area contributed by atoms with Crippen molar-refractivity contribution in [2.24, 2.45) is 5.92 Å². The second-order valence-electron chi connectivity index (χ2n) is 4.55. The monoisotopic (exact) mass is 220 g/mol. The van der Waals surface area contributed by atoms with Crippen molar-refractivity contribution >= 4 is 11.8 Å². The number of aromatic nitrogens is 2. The highest BCUT2D eigenvalue weighted by Gasteiger charge is 2.24. The number of hydrogen-bond acceptors (Lipinski definition) is 4. The lowest BCUT2D eigenvalue weighted by atomic mass is 10.3. The van der Waals surface area contributed by atoms with Gasteiger partial charge in [0.05, 0.1) is 0 Å². The lowest BCUT2D eigenvalue weighted by molar-refractivity contribution is 0.772. The predicted molar refractivity (Wildman–Crippen MR) is 66.9 cm³/mol. The Labute approximate surface area is 97.1 Å². The third-order valence-corrected chi connectivity index (χ3v) is 2.87. The van der Waals surface area contributed by atoms with Crippen LogP contribution in [0, 0.1) is 12.8 Å². The summed E-state index contributed by atoms with van der Waals surface area (Å²) in [5.74, 6) is 2.66. The van der Waals surface area contributed by atoms with Crippen molar-refractivity contribution in [2.45, 2.75) is 26.7 Å². The summed E-state index contributed by atoms with van der Waals surface area (Å²) < 4.78 is 0. The molecule has 0 atom stereocenters. The van der Waals surface area contributed by atoms with Crippen molar-refractivity contribution in [2.75, 3.05) is 30.4 Å². The first-order valence-electron chi connectivity index (χ1n) is 5.99. The fourth-order valence-electron chi connectivity index (χ4n) is 1.84. The molecule has 4 nitrogen and oxygen atoms in total. The first-order valence-corrected chi connectivity index (χ1v) is 5.99. The lowest BCUT2D eigenvalue weighted by Crippen LogP contribution is -2.22. The molecule has 1 aliphatic carbocycles. The molecule has 16 heavy (non-hydrogen) atoms. The third-order valence-electron chi connectivity index (χ3n) is 2.87. The van der Waals surface area contributed by atoms with Crippen LogP contribution in [-0.2, 0) is 0 Å². The minimum Gasteiger partial charge on any atom is -0.359 e. The summed E-state index contributed by atoms with van der Waals surface area (Å²) >= 11 is 0. The molecule has 0 aliphatic heterocycles. The first-order chi connectivity index (χ1) is 7.70. The van der Waals surface area contributed by atoms with Gasteiger partial charge in [0, 0.05) is 31.9 Å². The van der Waals surface area contributed by atoms with E-state index in [1.165, 1.54) is 12.8 Å². The van der Waals surface area contributed by atoms with E-state index in [1.807, 2.05) is 6.20 Å². The van der Waals surface area contributed by atoms with Crippen molar-refractivity contribution < 1.29 is 0 Å². The highest BCUT2D eigenvalue weighted by molar-refractivity contribution is 5.48. The number of rotatable bonds is 5. The van der Waals surface area contributed by atoms with Crippen LogP contribution in [0.25, 0.3) is 0 Å². The summed E-state index contributed by atoms with van der Waals surface area (Å²) in [6, 6.07) is 0. The zero-order valence-electron chi connectivity index (χ0n) is 10.3. The number of nitrogens with zero attached hydrogens (tertiary/aromatic N) is 3. The molecule has 0 spiro atoms. The minimum absolute atomic E-state index is 0.728. The van der Waals surface area contributed by atoms with Gasteiger partial charge >= 0.3 is 0 Å². The first kappa shape index (κ1) is 11.2. The summed E-state index contributed by atoms with van der Waals surface area (Å²) in [7, 11) is 2.11. The predicted octanol–water partition coefficient (Wildman–Crippen LogP) is 2.06. The molecule has 0 bridgehead atoms. The molecule has 1 aromatic heterocycles. The van der Waals surface area contributed by atoms with E-state index in [1.54, 1.807) is 0 Å². The maximum absolute atomic E-state index is 4.55. The molecule has 0 unspecified atom stereocenters. The Morgan fingerprint density at radius 2 is 2.25 bits per heavy atom. The Morgan fingerprint density at radius 1 is 1.50 bits per heavy atom. The van der Waals surface area contributed by atoms with Crippen molar-refractivity contribution in [3.8, 4) is 0 Å². The van der Waals surface area contributed by atoms with Crippen LogP contribution in [0.2, 0.25) is 0 Å². The molecule has 1 N–H and O–H groups in total. The average Bonchev–Trinajstić information content (AvgIpc) is 3.05. The standard InChI is InChI=1S/C12H20N4/c1-4-13-12-14-7-9(2)11(15-12)16(3)8-10-5-6-10/h7,10H,4-6,8H2,1-3H3,(H,13,14,15). The van der Waals surface area contributed by atoms with Gasteiger partial charge < -0.3 is 10.2 Å². The van der Waals surface area contributed by atoms with Gasteiger partial charge in [-0.25, -0.2) is 4.98 Å². The maximum Gasteiger partial charge on any atom is 0.224 e. The summed E-state index contributed by atoms with van der Waals surface area (Å²) in [5.41, 5.74) is 1.14. The van der Waals surface area contributed by atoms with Crippen LogP contribution in [0.5, 0.6) is 0 Å². The van der Waals surface area contributed by atoms with Crippen molar-refractivity contribution in [3.05, 3.63) is 11.8 Å². The van der Waals surface area contributed by atoms with Gasteiger partial charge in [0.2, 0.25) is 5.95 Å². The fraction of sp³-hybridized carbons (Fsp3) is 0.667. The molecule has 1 aliphatic rings. The van der Waals surface area contributed by atoms with Crippen LogP contribution in [-0.4, -0.2) is 30.1 Å². The van der Waals surface area contributed by atoms with E-state index in [0.29, 0.717) is 0 Å². The summed E-state index contributed by atoms with van der Waals surface area (Å²) in [6.07, 6.45) is 4.63. The van der Waals surface area contributed by atoms with Gasteiger partial charge in [-0.15, -0.1) is 0 Å². The van der Waals surface area contributed by atoms with E-state index in [-0.39, 0.29) is 0 Å². The Hall–Kier alpha value is -1.32. The van der Waals surface area contributed by atoms with E-state index < -0.39 is 0 Å². The molecule has 1 heterocycles. The van der Waals surface area contributed by atoms with Gasteiger partial charge in [-0.3, -0.25) is 0 Å². The van der Waals surface area contributed by atoms with Gasteiger partial charge in [0.25, 0.3) is 0 Å². The molecule has 1 aromatic rings. The fourth-order valence-corrected chi connectivity index (χ4v) is 1.84. The molecule has 0 saturated heterocycles. The van der Waals surface area contributed by atoms with E-state index in [2.05, 4.69) is 41.1 Å². The Balaban J connectivity index is 2.12. The maximum atomic E-state index is 4.55. The van der Waals surface area contributed by atoms with Crippen LogP contribution < -0.4 is 10.2 Å². The zero-order valence-corrected chi connectivity index (χ0v) is 10.3. The normalized spacial score (nSPS) is 14.9. The molecular formula is C12H20N4. The molecule has 0 radical (unpaired) electrons. The van der Waals surface area contributed by atoms with Gasteiger partial charge in [-0.05, 0) is 32.6 Å². The molecule has 1 saturated carbocycles. The molecule has 2 rings (SSSR count). The largest absolute Gasteiger partial charge is 0.359 e. The number of hydrogen-bond donors (Lipinski definition) is 1. The SMILES string of the molecule is CCNc1ncc(C)c(N(C)CC2CC2)n1. The second kappa shape index (κ2) is 4.68. The highest BCUT2D eigenvalue weighted by Crippen LogP contribution is 2.31.